The number of hydrogen-bond acceptors (Lipinski definition) is 3. The van der Waals surface area contributed by atoms with Crippen molar-refractivity contribution in [1.82, 2.24) is 4.90 Å². The average molecular weight is 303 g/mol. The van der Waals surface area contributed by atoms with Gasteiger partial charge in [0.15, 0.2) is 0 Å². The van der Waals surface area contributed by atoms with Gasteiger partial charge in [0.25, 0.3) is 0 Å². The summed E-state index contributed by atoms with van der Waals surface area (Å²) in [5, 5.41) is 0. The maximum Gasteiger partial charge on any atom is 0.316 e. The van der Waals surface area contributed by atoms with Crippen LogP contribution in [0.25, 0.3) is 0 Å². The van der Waals surface area contributed by atoms with Gasteiger partial charge >= 0.3 is 5.97 Å². The summed E-state index contributed by atoms with van der Waals surface area (Å²) in [7, 11) is 0. The highest BCUT2D eigenvalue weighted by atomic mass is 16.5. The molecular formula is C19H29NO2. The highest BCUT2D eigenvalue weighted by molar-refractivity contribution is 5.83. The van der Waals surface area contributed by atoms with Crippen molar-refractivity contribution in [2.45, 2.75) is 51.9 Å². The van der Waals surface area contributed by atoms with Crippen molar-refractivity contribution < 1.29 is 9.53 Å². The molecule has 0 atom stereocenters. The van der Waals surface area contributed by atoms with Crippen LogP contribution in [0.5, 0.6) is 0 Å². The molecule has 122 valence electrons. The van der Waals surface area contributed by atoms with E-state index in [4.69, 9.17) is 4.74 Å². The van der Waals surface area contributed by atoms with E-state index in [1.54, 1.807) is 0 Å². The molecular weight excluding hydrogens is 274 g/mol. The highest BCUT2D eigenvalue weighted by Gasteiger charge is 2.44. The molecule has 3 heteroatoms. The SMILES string of the molecule is CCN(CC)CCOC(=O)C1(c2ccc(C)cc2)CCCC1. The zero-order valence-corrected chi connectivity index (χ0v) is 14.2. The molecule has 0 heterocycles. The minimum absolute atomic E-state index is 0.0268. The Morgan fingerprint density at radius 1 is 1.14 bits per heavy atom. The fourth-order valence-corrected chi connectivity index (χ4v) is 3.41. The molecule has 0 N–H and O–H groups in total. The summed E-state index contributed by atoms with van der Waals surface area (Å²) in [5.74, 6) is -0.0268. The Hall–Kier alpha value is -1.35. The third-order valence-corrected chi connectivity index (χ3v) is 4.99. The number of nitrogens with zero attached hydrogens (tertiary/aromatic N) is 1. The molecule has 1 fully saturated rings. The number of carbonyl (C=O) groups is 1. The number of rotatable bonds is 7. The lowest BCUT2D eigenvalue weighted by Gasteiger charge is -2.28. The molecule has 1 aliphatic carbocycles. The van der Waals surface area contributed by atoms with Crippen molar-refractivity contribution >= 4 is 5.97 Å². The van der Waals surface area contributed by atoms with E-state index in [0.717, 1.165) is 50.9 Å². The topological polar surface area (TPSA) is 29.5 Å². The Balaban J connectivity index is 2.04. The number of esters is 1. The average Bonchev–Trinajstić information content (AvgIpc) is 3.03. The van der Waals surface area contributed by atoms with Gasteiger partial charge in [-0.1, -0.05) is 56.5 Å². The molecule has 2 rings (SSSR count). The van der Waals surface area contributed by atoms with Gasteiger partial charge in [0.1, 0.15) is 6.61 Å². The Labute approximate surface area is 134 Å². The fraction of sp³-hybridized carbons (Fsp3) is 0.632. The number of ether oxygens (including phenoxy) is 1. The van der Waals surface area contributed by atoms with E-state index < -0.39 is 5.41 Å². The smallest absolute Gasteiger partial charge is 0.316 e. The summed E-state index contributed by atoms with van der Waals surface area (Å²) in [6.07, 6.45) is 4.05. The monoisotopic (exact) mass is 303 g/mol. The van der Waals surface area contributed by atoms with Crippen LogP contribution in [-0.2, 0) is 14.9 Å². The second-order valence-electron chi connectivity index (χ2n) is 6.32. The Kier molecular flexibility index (Phi) is 6.01. The van der Waals surface area contributed by atoms with Gasteiger partial charge in [-0.3, -0.25) is 4.79 Å². The fourth-order valence-electron chi connectivity index (χ4n) is 3.41. The lowest BCUT2D eigenvalue weighted by atomic mass is 9.78. The molecule has 0 unspecified atom stereocenters. The first kappa shape index (κ1) is 17.0. The Morgan fingerprint density at radius 2 is 1.73 bits per heavy atom. The number of carbonyl (C=O) groups excluding carboxylic acids is 1. The molecule has 1 aromatic carbocycles. The number of likely N-dealkylation sites (N-methyl/N-ethyl adjacent to an activating group) is 1. The summed E-state index contributed by atoms with van der Waals surface area (Å²) in [6, 6.07) is 8.40. The van der Waals surface area contributed by atoms with Gasteiger partial charge in [0.05, 0.1) is 5.41 Å². The predicted octanol–water partition coefficient (Wildman–Crippen LogP) is 3.69. The first-order valence-corrected chi connectivity index (χ1v) is 8.59. The molecule has 1 aromatic rings. The first-order chi connectivity index (χ1) is 10.6. The first-order valence-electron chi connectivity index (χ1n) is 8.59. The largest absolute Gasteiger partial charge is 0.464 e. The van der Waals surface area contributed by atoms with Crippen molar-refractivity contribution in [3.63, 3.8) is 0 Å². The molecule has 22 heavy (non-hydrogen) atoms. The molecule has 0 aliphatic heterocycles. The van der Waals surface area contributed by atoms with Crippen LogP contribution in [0.15, 0.2) is 24.3 Å². The molecule has 0 saturated heterocycles. The van der Waals surface area contributed by atoms with E-state index in [9.17, 15) is 4.79 Å². The maximum absolute atomic E-state index is 12.8. The second-order valence-corrected chi connectivity index (χ2v) is 6.32. The van der Waals surface area contributed by atoms with Crippen LogP contribution in [-0.4, -0.2) is 37.1 Å². The van der Waals surface area contributed by atoms with Crippen LogP contribution >= 0.6 is 0 Å². The molecule has 0 amide bonds. The summed E-state index contributed by atoms with van der Waals surface area (Å²) < 4.78 is 5.67. The molecule has 0 radical (unpaired) electrons. The molecule has 3 nitrogen and oxygen atoms in total. The van der Waals surface area contributed by atoms with E-state index in [-0.39, 0.29) is 5.97 Å². The van der Waals surface area contributed by atoms with E-state index in [1.807, 2.05) is 0 Å². The molecule has 0 spiro atoms. The van der Waals surface area contributed by atoms with Crippen molar-refractivity contribution in [3.05, 3.63) is 35.4 Å². The van der Waals surface area contributed by atoms with Gasteiger partial charge in [-0.25, -0.2) is 0 Å². The minimum Gasteiger partial charge on any atom is -0.464 e. The van der Waals surface area contributed by atoms with E-state index >= 15 is 0 Å². The van der Waals surface area contributed by atoms with E-state index in [0.29, 0.717) is 6.61 Å². The standard InChI is InChI=1S/C19H29NO2/c1-4-20(5-2)14-15-22-18(21)19(12-6-7-13-19)17-10-8-16(3)9-11-17/h8-11H,4-7,12-15H2,1-3H3. The van der Waals surface area contributed by atoms with Crippen molar-refractivity contribution in [2.24, 2.45) is 0 Å². The molecule has 0 aromatic heterocycles. The van der Waals surface area contributed by atoms with Gasteiger partial charge < -0.3 is 9.64 Å². The van der Waals surface area contributed by atoms with Crippen LogP contribution < -0.4 is 0 Å². The summed E-state index contributed by atoms with van der Waals surface area (Å²) in [4.78, 5) is 15.0. The van der Waals surface area contributed by atoms with Crippen molar-refractivity contribution in [2.75, 3.05) is 26.2 Å². The van der Waals surface area contributed by atoms with E-state index in [1.165, 1.54) is 5.56 Å². The van der Waals surface area contributed by atoms with E-state index in [2.05, 4.69) is 49.9 Å². The van der Waals surface area contributed by atoms with Gasteiger partial charge in [0, 0.05) is 6.54 Å². The van der Waals surface area contributed by atoms with Gasteiger partial charge in [-0.15, -0.1) is 0 Å². The van der Waals surface area contributed by atoms with Crippen LogP contribution in [0.1, 0.15) is 50.7 Å². The van der Waals surface area contributed by atoms with Crippen LogP contribution in [0.4, 0.5) is 0 Å². The summed E-state index contributed by atoms with van der Waals surface area (Å²) in [5.41, 5.74) is 1.95. The zero-order valence-electron chi connectivity index (χ0n) is 14.2. The van der Waals surface area contributed by atoms with Crippen LogP contribution in [0.2, 0.25) is 0 Å². The van der Waals surface area contributed by atoms with Crippen LogP contribution in [0.3, 0.4) is 0 Å². The summed E-state index contributed by atoms with van der Waals surface area (Å²) in [6.45, 7) is 9.66. The number of aryl methyl sites for hydroxylation is 1. The van der Waals surface area contributed by atoms with Gasteiger partial charge in [0.2, 0.25) is 0 Å². The highest BCUT2D eigenvalue weighted by Crippen LogP contribution is 2.42. The second kappa shape index (κ2) is 7.77. The molecule has 1 saturated carbocycles. The lowest BCUT2D eigenvalue weighted by Crippen LogP contribution is -2.37. The molecule has 0 bridgehead atoms. The number of benzene rings is 1. The van der Waals surface area contributed by atoms with Crippen LogP contribution in [0, 0.1) is 6.92 Å². The van der Waals surface area contributed by atoms with Gasteiger partial charge in [-0.05, 0) is 38.4 Å². The Bertz CT molecular complexity index is 471. The zero-order chi connectivity index (χ0) is 16.0. The van der Waals surface area contributed by atoms with Crippen molar-refractivity contribution in [3.8, 4) is 0 Å². The third-order valence-electron chi connectivity index (χ3n) is 4.99. The van der Waals surface area contributed by atoms with Crippen molar-refractivity contribution in [1.29, 1.82) is 0 Å². The third kappa shape index (κ3) is 3.70. The quantitative estimate of drug-likeness (QED) is 0.719. The predicted molar refractivity (Wildman–Crippen MR) is 90.1 cm³/mol. The normalized spacial score (nSPS) is 16.9. The maximum atomic E-state index is 12.8. The molecule has 1 aliphatic rings. The van der Waals surface area contributed by atoms with Gasteiger partial charge in [-0.2, -0.15) is 0 Å². The lowest BCUT2D eigenvalue weighted by molar-refractivity contribution is -0.151. The Morgan fingerprint density at radius 3 is 2.27 bits per heavy atom. The number of hydrogen-bond donors (Lipinski definition) is 0. The minimum atomic E-state index is -0.406. The summed E-state index contributed by atoms with van der Waals surface area (Å²) >= 11 is 0.